The fraction of sp³-hybridized carbons (Fsp3) is 0.312. The fourth-order valence-corrected chi connectivity index (χ4v) is 1.97. The summed E-state index contributed by atoms with van der Waals surface area (Å²) in [5.74, 6) is 0.400. The number of amides is 1. The highest BCUT2D eigenvalue weighted by molar-refractivity contribution is 5.80. The van der Waals surface area contributed by atoms with Crippen LogP contribution >= 0.6 is 0 Å². The lowest BCUT2D eigenvalue weighted by Gasteiger charge is -2.15. The first-order valence-corrected chi connectivity index (χ1v) is 6.83. The first-order valence-electron chi connectivity index (χ1n) is 6.83. The normalized spacial score (nSPS) is 12.0. The van der Waals surface area contributed by atoms with Crippen molar-refractivity contribution < 1.29 is 14.6 Å². The van der Waals surface area contributed by atoms with E-state index in [9.17, 15) is 4.79 Å². The molecule has 1 unspecified atom stereocenters. The topological polar surface area (TPSA) is 63.5 Å². The molecule has 21 heavy (non-hydrogen) atoms. The quantitative estimate of drug-likeness (QED) is 0.848. The first kappa shape index (κ1) is 15.1. The number of carbonyl (C=O) groups is 1. The van der Waals surface area contributed by atoms with Crippen molar-refractivity contribution in [1.29, 1.82) is 0 Å². The van der Waals surface area contributed by atoms with Crippen molar-refractivity contribution in [1.82, 2.24) is 9.88 Å². The Morgan fingerprint density at radius 1 is 1.38 bits per heavy atom. The molecule has 0 aliphatic heterocycles. The molecule has 2 N–H and O–H groups in total. The van der Waals surface area contributed by atoms with Crippen LogP contribution in [0.25, 0.3) is 0 Å². The molecule has 0 spiro atoms. The lowest BCUT2D eigenvalue weighted by molar-refractivity contribution is -0.127. The van der Waals surface area contributed by atoms with E-state index < -0.39 is 6.10 Å². The maximum Gasteiger partial charge on any atom is 0.261 e. The zero-order chi connectivity index (χ0) is 15.2. The van der Waals surface area contributed by atoms with E-state index in [2.05, 4.69) is 5.32 Å². The van der Waals surface area contributed by atoms with Crippen molar-refractivity contribution in [3.63, 3.8) is 0 Å². The van der Waals surface area contributed by atoms with Gasteiger partial charge >= 0.3 is 0 Å². The molecule has 0 saturated carbocycles. The summed E-state index contributed by atoms with van der Waals surface area (Å²) in [6, 6.07) is 9.03. The first-order chi connectivity index (χ1) is 10.1. The van der Waals surface area contributed by atoms with Crippen LogP contribution in [-0.4, -0.2) is 21.7 Å². The Labute approximate surface area is 124 Å². The lowest BCUT2D eigenvalue weighted by Crippen LogP contribution is -2.35. The highest BCUT2D eigenvalue weighted by Gasteiger charge is 2.14. The molecule has 0 aliphatic carbocycles. The summed E-state index contributed by atoms with van der Waals surface area (Å²) in [6.45, 7) is 2.13. The smallest absolute Gasteiger partial charge is 0.261 e. The van der Waals surface area contributed by atoms with Gasteiger partial charge in [0.05, 0.1) is 6.61 Å². The molecule has 5 nitrogen and oxygen atoms in total. The number of aliphatic hydroxyl groups is 1. The highest BCUT2D eigenvalue weighted by atomic mass is 16.5. The molecule has 1 heterocycles. The van der Waals surface area contributed by atoms with Crippen LogP contribution in [0.15, 0.2) is 42.7 Å². The molecule has 0 bridgehead atoms. The van der Waals surface area contributed by atoms with Gasteiger partial charge in [0.1, 0.15) is 5.75 Å². The zero-order valence-corrected chi connectivity index (χ0v) is 12.2. The number of hydrogen-bond donors (Lipinski definition) is 2. The predicted molar refractivity (Wildman–Crippen MR) is 79.7 cm³/mol. The third-order valence-corrected chi connectivity index (χ3v) is 3.12. The Balaban J connectivity index is 1.87. The van der Waals surface area contributed by atoms with E-state index in [-0.39, 0.29) is 12.5 Å². The average Bonchev–Trinajstić information content (AvgIpc) is 2.90. The average molecular weight is 288 g/mol. The zero-order valence-electron chi connectivity index (χ0n) is 12.2. The van der Waals surface area contributed by atoms with Crippen LogP contribution in [0.4, 0.5) is 0 Å². The molecular formula is C16H20N2O3. The van der Waals surface area contributed by atoms with Gasteiger partial charge in [-0.2, -0.15) is 0 Å². The molecule has 0 saturated heterocycles. The van der Waals surface area contributed by atoms with E-state index in [4.69, 9.17) is 9.84 Å². The Kier molecular flexibility index (Phi) is 5.00. The summed E-state index contributed by atoms with van der Waals surface area (Å²) < 4.78 is 7.52. The summed E-state index contributed by atoms with van der Waals surface area (Å²) in [6.07, 6.45) is 3.29. The van der Waals surface area contributed by atoms with E-state index in [0.29, 0.717) is 12.3 Å². The van der Waals surface area contributed by atoms with Crippen molar-refractivity contribution >= 4 is 5.91 Å². The molecule has 1 aromatic carbocycles. The summed E-state index contributed by atoms with van der Waals surface area (Å²) >= 11 is 0. The number of rotatable bonds is 6. The number of hydrogen-bond acceptors (Lipinski definition) is 3. The number of aryl methyl sites for hydroxylation is 1. The standard InChI is InChI=1S/C16H20N2O3/c1-12(21-15-5-3-4-13(8-15)11-19)16(20)17-9-14-6-7-18(2)10-14/h3-8,10,12,19H,9,11H2,1-2H3,(H,17,20). The number of carbonyl (C=O) groups excluding carboxylic acids is 1. The van der Waals surface area contributed by atoms with Gasteiger partial charge < -0.3 is 19.7 Å². The maximum atomic E-state index is 12.0. The molecule has 5 heteroatoms. The van der Waals surface area contributed by atoms with Crippen LogP contribution in [0, 0.1) is 0 Å². The molecule has 0 aliphatic rings. The second-order valence-corrected chi connectivity index (χ2v) is 4.97. The van der Waals surface area contributed by atoms with Gasteiger partial charge in [0.25, 0.3) is 5.91 Å². The van der Waals surface area contributed by atoms with Crippen molar-refractivity contribution in [2.24, 2.45) is 7.05 Å². The molecule has 2 rings (SSSR count). The van der Waals surface area contributed by atoms with Gasteiger partial charge in [-0.1, -0.05) is 12.1 Å². The largest absolute Gasteiger partial charge is 0.481 e. The molecule has 2 aromatic rings. The van der Waals surface area contributed by atoms with Crippen molar-refractivity contribution in [3.05, 3.63) is 53.9 Å². The van der Waals surface area contributed by atoms with Crippen LogP contribution < -0.4 is 10.1 Å². The maximum absolute atomic E-state index is 12.0. The van der Waals surface area contributed by atoms with E-state index in [1.54, 1.807) is 31.2 Å². The molecule has 1 atom stereocenters. The Bertz CT molecular complexity index is 607. The van der Waals surface area contributed by atoms with Gasteiger partial charge in [-0.3, -0.25) is 4.79 Å². The van der Waals surface area contributed by atoms with Gasteiger partial charge in [0.2, 0.25) is 0 Å². The van der Waals surface area contributed by atoms with Crippen molar-refractivity contribution in [2.45, 2.75) is 26.2 Å². The highest BCUT2D eigenvalue weighted by Crippen LogP contribution is 2.15. The summed E-state index contributed by atoms with van der Waals surface area (Å²) in [5, 5.41) is 11.9. The van der Waals surface area contributed by atoms with Gasteiger partial charge in [-0.15, -0.1) is 0 Å². The SMILES string of the molecule is CC(Oc1cccc(CO)c1)C(=O)NCc1ccn(C)c1. The van der Waals surface area contributed by atoms with Crippen LogP contribution in [0.3, 0.4) is 0 Å². The van der Waals surface area contributed by atoms with Gasteiger partial charge in [-0.05, 0) is 36.2 Å². The summed E-state index contributed by atoms with van der Waals surface area (Å²) in [7, 11) is 1.94. The molecule has 0 fully saturated rings. The number of aromatic nitrogens is 1. The van der Waals surface area contributed by atoms with Crippen molar-refractivity contribution in [3.8, 4) is 5.75 Å². The van der Waals surface area contributed by atoms with Gasteiger partial charge in [0, 0.05) is 26.0 Å². The second-order valence-electron chi connectivity index (χ2n) is 4.97. The van der Waals surface area contributed by atoms with E-state index in [1.807, 2.05) is 30.1 Å². The van der Waals surface area contributed by atoms with Crippen LogP contribution in [0.1, 0.15) is 18.1 Å². The molecule has 0 radical (unpaired) electrons. The summed E-state index contributed by atoms with van der Waals surface area (Å²) in [4.78, 5) is 12.0. The molecular weight excluding hydrogens is 268 g/mol. The van der Waals surface area contributed by atoms with Crippen molar-refractivity contribution in [2.75, 3.05) is 0 Å². The minimum atomic E-state index is -0.595. The molecule has 1 aromatic heterocycles. The van der Waals surface area contributed by atoms with Gasteiger partial charge in [0.15, 0.2) is 6.10 Å². The number of aliphatic hydroxyl groups excluding tert-OH is 1. The van der Waals surface area contributed by atoms with Crippen LogP contribution in [0.2, 0.25) is 0 Å². The number of ether oxygens (including phenoxy) is 1. The van der Waals surface area contributed by atoms with Gasteiger partial charge in [-0.25, -0.2) is 0 Å². The fourth-order valence-electron chi connectivity index (χ4n) is 1.97. The van der Waals surface area contributed by atoms with E-state index >= 15 is 0 Å². The Hall–Kier alpha value is -2.27. The Morgan fingerprint density at radius 2 is 2.19 bits per heavy atom. The lowest BCUT2D eigenvalue weighted by atomic mass is 10.2. The van der Waals surface area contributed by atoms with E-state index in [0.717, 1.165) is 11.1 Å². The number of nitrogens with one attached hydrogen (secondary N) is 1. The van der Waals surface area contributed by atoms with E-state index in [1.165, 1.54) is 0 Å². The monoisotopic (exact) mass is 288 g/mol. The third kappa shape index (κ3) is 4.36. The molecule has 1 amide bonds. The second kappa shape index (κ2) is 6.95. The Morgan fingerprint density at radius 3 is 2.86 bits per heavy atom. The minimum absolute atomic E-state index is 0.0498. The summed E-state index contributed by atoms with van der Waals surface area (Å²) in [5.41, 5.74) is 1.80. The van der Waals surface area contributed by atoms with Crippen LogP contribution in [0.5, 0.6) is 5.75 Å². The molecule has 112 valence electrons. The predicted octanol–water partition coefficient (Wildman–Crippen LogP) is 1.60. The number of nitrogens with zero attached hydrogens (tertiary/aromatic N) is 1. The third-order valence-electron chi connectivity index (χ3n) is 3.12. The minimum Gasteiger partial charge on any atom is -0.481 e. The number of benzene rings is 1. The van der Waals surface area contributed by atoms with Crippen LogP contribution in [-0.2, 0) is 25.0 Å².